The zero-order chi connectivity index (χ0) is 27.4. The molecule has 2 N–H and O–H groups in total. The molecule has 7 nitrogen and oxygen atoms in total. The summed E-state index contributed by atoms with van der Waals surface area (Å²) in [6.45, 7) is 2.31. The second-order valence-corrected chi connectivity index (χ2v) is 8.53. The van der Waals surface area contributed by atoms with E-state index in [9.17, 15) is 27.6 Å². The number of nitrogens with one attached hydrogen (secondary N) is 2. The molecule has 0 aliphatic carbocycles. The number of nitrogens with zero attached hydrogens (tertiary/aromatic N) is 1. The summed E-state index contributed by atoms with van der Waals surface area (Å²) in [6, 6.07) is 17.4. The maximum atomic E-state index is 13.2. The smallest absolute Gasteiger partial charge is 0.418 e. The zero-order valence-corrected chi connectivity index (χ0v) is 20.7. The van der Waals surface area contributed by atoms with E-state index < -0.39 is 29.5 Å². The van der Waals surface area contributed by atoms with E-state index in [-0.39, 0.29) is 22.8 Å². The van der Waals surface area contributed by atoms with Gasteiger partial charge in [-0.2, -0.15) is 13.2 Å². The molecule has 0 aromatic heterocycles. The molecule has 0 saturated carbocycles. The van der Waals surface area contributed by atoms with Gasteiger partial charge in [0.2, 0.25) is 5.91 Å². The van der Waals surface area contributed by atoms with Crippen LogP contribution in [0.2, 0.25) is 0 Å². The minimum atomic E-state index is -4.60. The van der Waals surface area contributed by atoms with E-state index in [1.807, 2.05) is 6.92 Å². The number of halogens is 4. The average Bonchev–Trinajstić information content (AvgIpc) is 3.08. The van der Waals surface area contributed by atoms with Gasteiger partial charge in [-0.25, -0.2) is 4.90 Å². The van der Waals surface area contributed by atoms with Crippen molar-refractivity contribution in [1.29, 1.82) is 0 Å². The van der Waals surface area contributed by atoms with Crippen LogP contribution in [0.3, 0.4) is 0 Å². The zero-order valence-electron chi connectivity index (χ0n) is 19.9. The highest BCUT2D eigenvalue weighted by Gasteiger charge is 2.39. The van der Waals surface area contributed by atoms with Gasteiger partial charge in [0.05, 0.1) is 30.0 Å². The van der Waals surface area contributed by atoms with Crippen molar-refractivity contribution >= 4 is 46.4 Å². The first-order valence-corrected chi connectivity index (χ1v) is 11.8. The van der Waals surface area contributed by atoms with Crippen molar-refractivity contribution in [2.75, 3.05) is 22.1 Å². The number of ether oxygens (including phenoxy) is 1. The largest absolute Gasteiger partial charge is 0.494 e. The molecule has 0 radical (unpaired) electrons. The molecule has 3 aromatic rings. The Kier molecular flexibility index (Phi) is 7.72. The van der Waals surface area contributed by atoms with E-state index in [4.69, 9.17) is 16.3 Å². The van der Waals surface area contributed by atoms with Gasteiger partial charge < -0.3 is 15.4 Å². The Morgan fingerprint density at radius 3 is 2.24 bits per heavy atom. The molecule has 196 valence electrons. The molecule has 0 bridgehead atoms. The molecule has 38 heavy (non-hydrogen) atoms. The van der Waals surface area contributed by atoms with E-state index in [0.29, 0.717) is 29.3 Å². The van der Waals surface area contributed by atoms with Gasteiger partial charge in [0, 0.05) is 5.69 Å². The highest BCUT2D eigenvalue weighted by atomic mass is 35.5. The molecule has 1 aliphatic rings. The number of hydrogen-bond donors (Lipinski definition) is 2. The van der Waals surface area contributed by atoms with Gasteiger partial charge >= 0.3 is 6.18 Å². The summed E-state index contributed by atoms with van der Waals surface area (Å²) in [5, 5.41) is 4.84. The first-order valence-electron chi connectivity index (χ1n) is 11.4. The fraction of sp³-hybridized carbons (Fsp3) is 0.148. The third-order valence-electron chi connectivity index (χ3n) is 5.53. The molecular formula is C27H21ClF3N3O4. The van der Waals surface area contributed by atoms with Crippen LogP contribution in [-0.4, -0.2) is 24.3 Å². The Labute approximate surface area is 220 Å². The number of benzene rings is 3. The van der Waals surface area contributed by atoms with E-state index in [1.54, 1.807) is 48.5 Å². The molecule has 1 aliphatic heterocycles. The van der Waals surface area contributed by atoms with E-state index in [0.717, 1.165) is 11.0 Å². The topological polar surface area (TPSA) is 87.7 Å². The highest BCUT2D eigenvalue weighted by Crippen LogP contribution is 2.35. The molecule has 3 amide bonds. The van der Waals surface area contributed by atoms with Gasteiger partial charge in [-0.1, -0.05) is 35.9 Å². The molecule has 3 aromatic carbocycles. The van der Waals surface area contributed by atoms with E-state index in [2.05, 4.69) is 10.6 Å². The maximum absolute atomic E-state index is 13.2. The van der Waals surface area contributed by atoms with Crippen LogP contribution in [-0.2, 0) is 27.0 Å². The van der Waals surface area contributed by atoms with Gasteiger partial charge in [-0.3, -0.25) is 14.4 Å². The minimum Gasteiger partial charge on any atom is -0.494 e. The summed E-state index contributed by atoms with van der Waals surface area (Å²) < 4.78 is 44.8. The van der Waals surface area contributed by atoms with Crippen molar-refractivity contribution in [2.45, 2.75) is 19.5 Å². The highest BCUT2D eigenvalue weighted by molar-refractivity contribution is 6.53. The van der Waals surface area contributed by atoms with Crippen LogP contribution < -0.4 is 20.3 Å². The second-order valence-electron chi connectivity index (χ2n) is 8.15. The first-order chi connectivity index (χ1) is 18.1. The molecule has 0 fully saturated rings. The standard InChI is InChI=1S/C27H21ClF3N3O4/c1-2-38-19-13-11-18(12-14-19)34-25(36)23(28)24(26(34)37)32-17-9-7-16(8-10-17)15-22(35)33-21-6-4-3-5-20(21)27(29,30)31/h3-14,32H,2,15H2,1H3,(H,33,35). The molecule has 0 atom stereocenters. The summed E-state index contributed by atoms with van der Waals surface area (Å²) in [6.07, 6.45) is -4.78. The van der Waals surface area contributed by atoms with Crippen LogP contribution in [0.15, 0.2) is 83.5 Å². The van der Waals surface area contributed by atoms with Crippen molar-refractivity contribution in [3.8, 4) is 5.75 Å². The predicted molar refractivity (Wildman–Crippen MR) is 137 cm³/mol. The predicted octanol–water partition coefficient (Wildman–Crippen LogP) is 5.72. The Hall–Kier alpha value is -4.31. The van der Waals surface area contributed by atoms with E-state index in [1.165, 1.54) is 18.2 Å². The molecule has 1 heterocycles. The van der Waals surface area contributed by atoms with Gasteiger partial charge in [0.1, 0.15) is 16.5 Å². The number of hydrogen-bond acceptors (Lipinski definition) is 5. The molecule has 0 saturated heterocycles. The number of alkyl halides is 3. The Balaban J connectivity index is 1.41. The third kappa shape index (κ3) is 5.81. The lowest BCUT2D eigenvalue weighted by molar-refractivity contribution is -0.137. The Morgan fingerprint density at radius 1 is 0.947 bits per heavy atom. The number of amides is 3. The van der Waals surface area contributed by atoms with Crippen LogP contribution in [0.5, 0.6) is 5.75 Å². The molecular weight excluding hydrogens is 523 g/mol. The van der Waals surface area contributed by atoms with E-state index >= 15 is 0 Å². The number of para-hydroxylation sites is 1. The third-order valence-corrected chi connectivity index (χ3v) is 5.88. The van der Waals surface area contributed by atoms with Crippen LogP contribution in [0.25, 0.3) is 0 Å². The lowest BCUT2D eigenvalue weighted by atomic mass is 10.1. The van der Waals surface area contributed by atoms with Crippen LogP contribution in [0.4, 0.5) is 30.2 Å². The monoisotopic (exact) mass is 543 g/mol. The number of carbonyl (C=O) groups excluding carboxylic acids is 3. The molecule has 4 rings (SSSR count). The lowest BCUT2D eigenvalue weighted by Crippen LogP contribution is -2.32. The summed E-state index contributed by atoms with van der Waals surface area (Å²) in [7, 11) is 0. The minimum absolute atomic E-state index is 0.111. The molecule has 0 spiro atoms. The van der Waals surface area contributed by atoms with Gasteiger partial charge in [0.15, 0.2) is 0 Å². The van der Waals surface area contributed by atoms with Crippen molar-refractivity contribution in [3.63, 3.8) is 0 Å². The van der Waals surface area contributed by atoms with Gasteiger partial charge in [-0.15, -0.1) is 0 Å². The van der Waals surface area contributed by atoms with Gasteiger partial charge in [0.25, 0.3) is 11.8 Å². The first kappa shape index (κ1) is 26.7. The van der Waals surface area contributed by atoms with Crippen LogP contribution >= 0.6 is 11.6 Å². The number of imide groups is 1. The number of anilines is 3. The normalized spacial score (nSPS) is 13.7. The number of carbonyl (C=O) groups is 3. The van der Waals surface area contributed by atoms with Gasteiger partial charge in [-0.05, 0) is 61.0 Å². The average molecular weight is 544 g/mol. The van der Waals surface area contributed by atoms with Crippen molar-refractivity contribution in [3.05, 3.63) is 94.7 Å². The van der Waals surface area contributed by atoms with Crippen LogP contribution in [0.1, 0.15) is 18.1 Å². The Bertz CT molecular complexity index is 1400. The fourth-order valence-corrected chi connectivity index (χ4v) is 3.99. The van der Waals surface area contributed by atoms with Crippen molar-refractivity contribution in [2.24, 2.45) is 0 Å². The quantitative estimate of drug-likeness (QED) is 0.355. The maximum Gasteiger partial charge on any atom is 0.418 e. The Morgan fingerprint density at radius 2 is 1.61 bits per heavy atom. The van der Waals surface area contributed by atoms with Crippen molar-refractivity contribution in [1.82, 2.24) is 0 Å². The summed E-state index contributed by atoms with van der Waals surface area (Å²) in [4.78, 5) is 38.9. The van der Waals surface area contributed by atoms with Crippen molar-refractivity contribution < 1.29 is 32.3 Å². The molecule has 0 unspecified atom stereocenters. The summed E-state index contributed by atoms with van der Waals surface area (Å²) >= 11 is 6.17. The summed E-state index contributed by atoms with van der Waals surface area (Å²) in [5.41, 5.74) is -0.118. The fourth-order valence-electron chi connectivity index (χ4n) is 3.77. The van der Waals surface area contributed by atoms with Crippen LogP contribution in [0, 0.1) is 0 Å². The summed E-state index contributed by atoms with van der Waals surface area (Å²) in [5.74, 6) is -1.37. The lowest BCUT2D eigenvalue weighted by Gasteiger charge is -2.16. The SMILES string of the molecule is CCOc1ccc(N2C(=O)C(Cl)=C(Nc3ccc(CC(=O)Nc4ccccc4C(F)(F)F)cc3)C2=O)cc1. The number of rotatable bonds is 8. The second kappa shape index (κ2) is 11.0. The molecule has 11 heteroatoms.